The van der Waals surface area contributed by atoms with Gasteiger partial charge in [0.25, 0.3) is 5.69 Å². The van der Waals surface area contributed by atoms with Gasteiger partial charge in [-0.1, -0.05) is 60.7 Å². The topological polar surface area (TPSA) is 125 Å². The molecule has 9 nitrogen and oxygen atoms in total. The zero-order valence-corrected chi connectivity index (χ0v) is 18.3. The van der Waals surface area contributed by atoms with Crippen LogP contribution in [-0.2, 0) is 14.3 Å². The number of nitro benzene ring substituents is 1. The van der Waals surface area contributed by atoms with Crippen LogP contribution in [0.1, 0.15) is 34.9 Å². The Kier molecular flexibility index (Phi) is 8.07. The van der Waals surface area contributed by atoms with E-state index in [1.807, 2.05) is 0 Å². The van der Waals surface area contributed by atoms with Crippen molar-refractivity contribution in [1.82, 2.24) is 0 Å². The highest BCUT2D eigenvalue weighted by Crippen LogP contribution is 2.29. The lowest BCUT2D eigenvalue weighted by molar-refractivity contribution is -0.384. The molecule has 0 saturated heterocycles. The number of rotatable bonds is 10. The van der Waals surface area contributed by atoms with Gasteiger partial charge in [-0.15, -0.1) is 0 Å². The number of Topliss-reactive ketones (excluding diaryl/α,β-unsaturated/α-hetero) is 1. The van der Waals surface area contributed by atoms with E-state index in [4.69, 9.17) is 9.47 Å². The van der Waals surface area contributed by atoms with Gasteiger partial charge in [-0.2, -0.15) is 0 Å². The Labute approximate surface area is 195 Å². The Morgan fingerprint density at radius 3 is 2.21 bits per heavy atom. The molecule has 174 valence electrons. The summed E-state index contributed by atoms with van der Waals surface area (Å²) < 4.78 is 10.4. The highest BCUT2D eigenvalue weighted by molar-refractivity contribution is 6.01. The Morgan fingerprint density at radius 1 is 0.941 bits per heavy atom. The van der Waals surface area contributed by atoms with Crippen molar-refractivity contribution >= 4 is 29.0 Å². The van der Waals surface area contributed by atoms with Crippen LogP contribution in [0.25, 0.3) is 0 Å². The first-order valence-electron chi connectivity index (χ1n) is 10.3. The number of carbonyl (C=O) groups excluding carboxylic acids is 3. The average molecular weight is 462 g/mol. The van der Waals surface area contributed by atoms with Gasteiger partial charge in [0.05, 0.1) is 24.5 Å². The third-order valence-corrected chi connectivity index (χ3v) is 4.88. The van der Waals surface area contributed by atoms with Gasteiger partial charge >= 0.3 is 5.97 Å². The van der Waals surface area contributed by atoms with E-state index in [1.165, 1.54) is 25.3 Å². The minimum Gasteiger partial charge on any atom is -0.496 e. The molecule has 1 atom stereocenters. The standard InChI is InChI=1S/C25H22N2O7/c1-33-19-12-13-20(21(16-19)27(31)32)26-22(28)14-15-23(29)34-25(18-10-6-3-7-11-18)24(30)17-8-4-2-5-9-17/h2-13,16,25H,14-15H2,1H3,(H,26,28)/t25-/m1/s1. The second-order valence-electron chi connectivity index (χ2n) is 7.20. The fourth-order valence-electron chi connectivity index (χ4n) is 3.17. The lowest BCUT2D eigenvalue weighted by atomic mass is 10.00. The number of hydrogen-bond donors (Lipinski definition) is 1. The summed E-state index contributed by atoms with van der Waals surface area (Å²) in [5.74, 6) is -1.49. The molecular formula is C25H22N2O7. The summed E-state index contributed by atoms with van der Waals surface area (Å²) in [4.78, 5) is 48.4. The van der Waals surface area contributed by atoms with Crippen LogP contribution in [0.4, 0.5) is 11.4 Å². The van der Waals surface area contributed by atoms with E-state index in [9.17, 15) is 24.5 Å². The molecule has 0 unspecified atom stereocenters. The molecule has 9 heteroatoms. The molecule has 0 heterocycles. The number of nitrogens with one attached hydrogen (secondary N) is 1. The van der Waals surface area contributed by atoms with Gasteiger partial charge in [0.1, 0.15) is 11.4 Å². The molecule has 0 saturated carbocycles. The number of ether oxygens (including phenoxy) is 2. The SMILES string of the molecule is COc1ccc(NC(=O)CCC(=O)O[C@@H](C(=O)c2ccccc2)c2ccccc2)c([N+](=O)[O-])c1. The summed E-state index contributed by atoms with van der Waals surface area (Å²) in [5.41, 5.74) is 0.523. The van der Waals surface area contributed by atoms with E-state index in [1.54, 1.807) is 60.7 Å². The fraction of sp³-hybridized carbons (Fsp3) is 0.160. The van der Waals surface area contributed by atoms with Crippen LogP contribution < -0.4 is 10.1 Å². The van der Waals surface area contributed by atoms with Crippen LogP contribution in [0.2, 0.25) is 0 Å². The third-order valence-electron chi connectivity index (χ3n) is 4.88. The molecule has 0 fully saturated rings. The van der Waals surface area contributed by atoms with Crippen LogP contribution in [0.5, 0.6) is 5.75 Å². The number of esters is 1. The van der Waals surface area contributed by atoms with E-state index in [-0.39, 0.29) is 30.0 Å². The molecule has 1 N–H and O–H groups in total. The summed E-state index contributed by atoms with van der Waals surface area (Å²) in [6, 6.07) is 21.0. The van der Waals surface area contributed by atoms with Crippen LogP contribution in [0, 0.1) is 10.1 Å². The first kappa shape index (κ1) is 24.1. The predicted octanol–water partition coefficient (Wildman–Crippen LogP) is 4.49. The number of carbonyl (C=O) groups is 3. The average Bonchev–Trinajstić information content (AvgIpc) is 2.86. The Balaban J connectivity index is 1.66. The molecule has 34 heavy (non-hydrogen) atoms. The first-order valence-corrected chi connectivity index (χ1v) is 10.3. The summed E-state index contributed by atoms with van der Waals surface area (Å²) in [6.45, 7) is 0. The van der Waals surface area contributed by atoms with Crippen molar-refractivity contribution in [2.45, 2.75) is 18.9 Å². The van der Waals surface area contributed by atoms with Gasteiger partial charge in [-0.3, -0.25) is 24.5 Å². The monoisotopic (exact) mass is 462 g/mol. The minimum absolute atomic E-state index is 0.0226. The second kappa shape index (κ2) is 11.4. The van der Waals surface area contributed by atoms with E-state index >= 15 is 0 Å². The summed E-state index contributed by atoms with van der Waals surface area (Å²) in [7, 11) is 1.37. The lowest BCUT2D eigenvalue weighted by Crippen LogP contribution is -2.21. The van der Waals surface area contributed by atoms with Gasteiger partial charge in [0.15, 0.2) is 6.10 Å². The molecular weight excluding hydrogens is 440 g/mol. The van der Waals surface area contributed by atoms with Crippen molar-refractivity contribution in [2.75, 3.05) is 12.4 Å². The van der Waals surface area contributed by atoms with Gasteiger partial charge in [0, 0.05) is 17.5 Å². The molecule has 0 aliphatic carbocycles. The highest BCUT2D eigenvalue weighted by atomic mass is 16.6. The van der Waals surface area contributed by atoms with Gasteiger partial charge in [-0.25, -0.2) is 0 Å². The molecule has 0 bridgehead atoms. The first-order chi connectivity index (χ1) is 16.4. The zero-order chi connectivity index (χ0) is 24.5. The largest absolute Gasteiger partial charge is 0.496 e. The lowest BCUT2D eigenvalue weighted by Gasteiger charge is -2.17. The van der Waals surface area contributed by atoms with E-state index in [2.05, 4.69) is 5.32 Å². The number of benzene rings is 3. The van der Waals surface area contributed by atoms with Crippen molar-refractivity contribution in [1.29, 1.82) is 0 Å². The number of anilines is 1. The van der Waals surface area contributed by atoms with Crippen LogP contribution in [0.3, 0.4) is 0 Å². The van der Waals surface area contributed by atoms with Gasteiger partial charge < -0.3 is 14.8 Å². The Bertz CT molecular complexity index is 1180. The number of nitrogens with zero attached hydrogens (tertiary/aromatic N) is 1. The smallest absolute Gasteiger partial charge is 0.307 e. The molecule has 3 aromatic carbocycles. The summed E-state index contributed by atoms with van der Waals surface area (Å²) in [6.07, 6.45) is -1.77. The normalized spacial score (nSPS) is 11.2. The molecule has 1 amide bonds. The van der Waals surface area contributed by atoms with Crippen LogP contribution in [0.15, 0.2) is 78.9 Å². The van der Waals surface area contributed by atoms with Crippen LogP contribution >= 0.6 is 0 Å². The molecule has 3 aromatic rings. The molecule has 0 aliphatic rings. The number of methoxy groups -OCH3 is 1. The van der Waals surface area contributed by atoms with E-state index in [0.29, 0.717) is 11.1 Å². The molecule has 0 aromatic heterocycles. The summed E-state index contributed by atoms with van der Waals surface area (Å²) >= 11 is 0. The summed E-state index contributed by atoms with van der Waals surface area (Å²) in [5, 5.41) is 13.7. The number of amides is 1. The van der Waals surface area contributed by atoms with Gasteiger partial charge in [-0.05, 0) is 12.1 Å². The minimum atomic E-state index is -1.16. The number of ketones is 1. The van der Waals surface area contributed by atoms with Crippen LogP contribution in [-0.4, -0.2) is 29.7 Å². The fourth-order valence-corrected chi connectivity index (χ4v) is 3.17. The zero-order valence-electron chi connectivity index (χ0n) is 18.3. The van der Waals surface area contributed by atoms with E-state index in [0.717, 1.165) is 0 Å². The quantitative estimate of drug-likeness (QED) is 0.204. The van der Waals surface area contributed by atoms with Crippen molar-refractivity contribution in [3.8, 4) is 5.75 Å². The van der Waals surface area contributed by atoms with Gasteiger partial charge in [0.2, 0.25) is 11.7 Å². The maximum atomic E-state index is 13.0. The van der Waals surface area contributed by atoms with E-state index < -0.39 is 28.7 Å². The third kappa shape index (κ3) is 6.26. The number of hydrogen-bond acceptors (Lipinski definition) is 7. The number of nitro groups is 1. The maximum Gasteiger partial charge on any atom is 0.307 e. The van der Waals surface area contributed by atoms with Crippen molar-refractivity contribution in [3.05, 3.63) is 100 Å². The Hall–Kier alpha value is -4.53. The van der Waals surface area contributed by atoms with Crippen molar-refractivity contribution in [3.63, 3.8) is 0 Å². The highest BCUT2D eigenvalue weighted by Gasteiger charge is 2.26. The molecule has 0 aliphatic heterocycles. The molecule has 0 spiro atoms. The molecule has 0 radical (unpaired) electrons. The predicted molar refractivity (Wildman–Crippen MR) is 124 cm³/mol. The van der Waals surface area contributed by atoms with Crippen molar-refractivity contribution in [2.24, 2.45) is 0 Å². The van der Waals surface area contributed by atoms with Crippen molar-refractivity contribution < 1.29 is 28.8 Å². The maximum absolute atomic E-state index is 13.0. The molecule has 3 rings (SSSR count). The Morgan fingerprint density at radius 2 is 1.59 bits per heavy atom. The second-order valence-corrected chi connectivity index (χ2v) is 7.20.